The lowest BCUT2D eigenvalue weighted by molar-refractivity contribution is -0.384. The molecule has 19 heavy (non-hydrogen) atoms. The Balaban J connectivity index is 2.40. The van der Waals surface area contributed by atoms with Gasteiger partial charge < -0.3 is 0 Å². The van der Waals surface area contributed by atoms with Crippen LogP contribution in [-0.2, 0) is 16.0 Å². The van der Waals surface area contributed by atoms with E-state index in [1.807, 2.05) is 5.43 Å². The molecular weight excluding hydrogens is 252 g/mol. The summed E-state index contributed by atoms with van der Waals surface area (Å²) < 4.78 is 0. The highest BCUT2D eigenvalue weighted by Gasteiger charge is 2.34. The molecule has 1 aromatic rings. The van der Waals surface area contributed by atoms with Gasteiger partial charge in [-0.3, -0.25) is 30.0 Å². The number of nitro benzene ring substituents is 1. The number of carbonyl (C=O) groups excluding carboxylic acids is 2. The van der Waals surface area contributed by atoms with Gasteiger partial charge in [0.05, 0.1) is 11.3 Å². The number of hydrogen-bond donors (Lipinski definition) is 2. The predicted octanol–water partition coefficient (Wildman–Crippen LogP) is -0.138. The molecule has 3 N–H and O–H groups in total. The molecule has 1 aromatic carbocycles. The van der Waals surface area contributed by atoms with E-state index in [1.54, 1.807) is 0 Å². The number of rotatable bonds is 3. The number of non-ortho nitro benzene ring substituents is 1. The van der Waals surface area contributed by atoms with Crippen LogP contribution in [0.4, 0.5) is 11.4 Å². The normalized spacial score (nSPS) is 15.1. The standard InChI is InChI=1S/C11H12N4O4/c1-6(11(17)13-12)14-9-3-2-8(15(18)19)4-7(9)5-10(14)16/h2-4,6H,5,12H2,1H3,(H,13,17). The van der Waals surface area contributed by atoms with Gasteiger partial charge in [0, 0.05) is 17.8 Å². The Hall–Kier alpha value is -2.48. The smallest absolute Gasteiger partial charge is 0.269 e. The fourth-order valence-corrected chi connectivity index (χ4v) is 2.11. The van der Waals surface area contributed by atoms with Crippen LogP contribution >= 0.6 is 0 Å². The van der Waals surface area contributed by atoms with E-state index >= 15 is 0 Å². The lowest BCUT2D eigenvalue weighted by Gasteiger charge is -2.23. The van der Waals surface area contributed by atoms with E-state index in [4.69, 9.17) is 5.84 Å². The molecule has 1 unspecified atom stereocenters. The van der Waals surface area contributed by atoms with Crippen molar-refractivity contribution in [2.45, 2.75) is 19.4 Å². The minimum atomic E-state index is -0.764. The Kier molecular flexibility index (Phi) is 3.17. The monoisotopic (exact) mass is 264 g/mol. The zero-order valence-corrected chi connectivity index (χ0v) is 10.1. The van der Waals surface area contributed by atoms with Crippen LogP contribution in [0.5, 0.6) is 0 Å². The molecule has 8 nitrogen and oxygen atoms in total. The fourth-order valence-electron chi connectivity index (χ4n) is 2.11. The van der Waals surface area contributed by atoms with Gasteiger partial charge in [-0.05, 0) is 18.6 Å². The van der Waals surface area contributed by atoms with Gasteiger partial charge >= 0.3 is 0 Å². The van der Waals surface area contributed by atoms with Crippen LogP contribution in [-0.4, -0.2) is 22.8 Å². The molecule has 0 bridgehead atoms. The molecule has 1 aliphatic rings. The molecule has 1 atom stereocenters. The first-order valence-electron chi connectivity index (χ1n) is 5.55. The van der Waals surface area contributed by atoms with Crippen molar-refractivity contribution in [1.82, 2.24) is 5.43 Å². The number of amides is 2. The number of hydrogen-bond acceptors (Lipinski definition) is 5. The number of hydrazine groups is 1. The Labute approximate surface area is 108 Å². The quantitative estimate of drug-likeness (QED) is 0.341. The average molecular weight is 264 g/mol. The molecule has 8 heteroatoms. The second-order valence-corrected chi connectivity index (χ2v) is 4.20. The highest BCUT2D eigenvalue weighted by molar-refractivity contribution is 6.06. The molecule has 0 fully saturated rings. The van der Waals surface area contributed by atoms with Crippen molar-refractivity contribution in [2.75, 3.05) is 4.90 Å². The van der Waals surface area contributed by atoms with Crippen LogP contribution < -0.4 is 16.2 Å². The van der Waals surface area contributed by atoms with Crippen LogP contribution in [0, 0.1) is 10.1 Å². The van der Waals surface area contributed by atoms with Gasteiger partial charge in [0.15, 0.2) is 0 Å². The van der Waals surface area contributed by atoms with Crippen LogP contribution in [0.1, 0.15) is 12.5 Å². The topological polar surface area (TPSA) is 119 Å². The lowest BCUT2D eigenvalue weighted by Crippen LogP contribution is -2.48. The maximum absolute atomic E-state index is 11.9. The molecule has 0 saturated carbocycles. The number of nitro groups is 1. The summed E-state index contributed by atoms with van der Waals surface area (Å²) in [5, 5.41) is 10.7. The van der Waals surface area contributed by atoms with Crippen molar-refractivity contribution in [2.24, 2.45) is 5.84 Å². The van der Waals surface area contributed by atoms with Crippen molar-refractivity contribution in [3.8, 4) is 0 Å². The van der Waals surface area contributed by atoms with Gasteiger partial charge in [0.1, 0.15) is 6.04 Å². The molecule has 1 heterocycles. The zero-order chi connectivity index (χ0) is 14.2. The van der Waals surface area contributed by atoms with E-state index < -0.39 is 16.9 Å². The number of nitrogens with two attached hydrogens (primary N) is 1. The van der Waals surface area contributed by atoms with Crippen LogP contribution in [0.25, 0.3) is 0 Å². The number of anilines is 1. The van der Waals surface area contributed by atoms with Gasteiger partial charge in [-0.1, -0.05) is 0 Å². The summed E-state index contributed by atoms with van der Waals surface area (Å²) >= 11 is 0. The predicted molar refractivity (Wildman–Crippen MR) is 66.1 cm³/mol. The summed E-state index contributed by atoms with van der Waals surface area (Å²) in [5.74, 6) is 4.26. The molecule has 1 aliphatic heterocycles. The van der Waals surface area contributed by atoms with Crippen molar-refractivity contribution in [3.05, 3.63) is 33.9 Å². The summed E-state index contributed by atoms with van der Waals surface area (Å²) in [6.07, 6.45) is 0.0409. The maximum Gasteiger partial charge on any atom is 0.269 e. The number of fused-ring (bicyclic) bond motifs is 1. The molecule has 0 aromatic heterocycles. The van der Waals surface area contributed by atoms with Crippen molar-refractivity contribution < 1.29 is 14.5 Å². The number of nitrogens with one attached hydrogen (secondary N) is 1. The molecule has 0 aliphatic carbocycles. The van der Waals surface area contributed by atoms with Crippen molar-refractivity contribution >= 4 is 23.2 Å². The second-order valence-electron chi connectivity index (χ2n) is 4.20. The molecule has 100 valence electrons. The largest absolute Gasteiger partial charge is 0.300 e. The third kappa shape index (κ3) is 2.13. The van der Waals surface area contributed by atoms with E-state index in [2.05, 4.69) is 0 Å². The highest BCUT2D eigenvalue weighted by atomic mass is 16.6. The van der Waals surface area contributed by atoms with Crippen LogP contribution in [0.15, 0.2) is 18.2 Å². The summed E-state index contributed by atoms with van der Waals surface area (Å²) in [7, 11) is 0. The van der Waals surface area contributed by atoms with Gasteiger partial charge in [-0.2, -0.15) is 0 Å². The van der Waals surface area contributed by atoms with E-state index in [0.29, 0.717) is 11.3 Å². The Bertz CT molecular complexity index is 572. The highest BCUT2D eigenvalue weighted by Crippen LogP contribution is 2.33. The molecule has 0 radical (unpaired) electrons. The first-order chi connectivity index (χ1) is 8.95. The first-order valence-corrected chi connectivity index (χ1v) is 5.55. The number of carbonyl (C=O) groups is 2. The van der Waals surface area contributed by atoms with Gasteiger partial charge in [0.25, 0.3) is 11.6 Å². The van der Waals surface area contributed by atoms with Crippen molar-refractivity contribution in [1.29, 1.82) is 0 Å². The number of nitrogens with zero attached hydrogens (tertiary/aromatic N) is 2. The average Bonchev–Trinajstić information content (AvgIpc) is 2.71. The molecule has 0 saturated heterocycles. The maximum atomic E-state index is 11.9. The molecule has 2 amide bonds. The summed E-state index contributed by atoms with van der Waals surface area (Å²) in [6, 6.07) is 3.36. The first kappa shape index (κ1) is 13.0. The third-order valence-corrected chi connectivity index (χ3v) is 3.05. The second kappa shape index (κ2) is 4.65. The van der Waals surface area contributed by atoms with E-state index in [0.717, 1.165) is 0 Å². The number of benzene rings is 1. The zero-order valence-electron chi connectivity index (χ0n) is 10.1. The van der Waals surface area contributed by atoms with Crippen LogP contribution in [0.3, 0.4) is 0 Å². The molecular formula is C11H12N4O4. The van der Waals surface area contributed by atoms with E-state index in [1.165, 1.54) is 30.0 Å². The van der Waals surface area contributed by atoms with Crippen molar-refractivity contribution in [3.63, 3.8) is 0 Å². The van der Waals surface area contributed by atoms with Gasteiger partial charge in [0.2, 0.25) is 5.91 Å². The minimum absolute atomic E-state index is 0.0409. The molecule has 0 spiro atoms. The molecule has 2 rings (SSSR count). The summed E-state index contributed by atoms with van der Waals surface area (Å²) in [6.45, 7) is 1.54. The Morgan fingerprint density at radius 2 is 2.26 bits per heavy atom. The SMILES string of the molecule is CC(C(=O)NN)N1C(=O)Cc2cc([N+](=O)[O-])ccc21. The van der Waals surface area contributed by atoms with Gasteiger partial charge in [-0.25, -0.2) is 5.84 Å². The summed E-state index contributed by atoms with van der Waals surface area (Å²) in [5.41, 5.74) is 2.95. The van der Waals surface area contributed by atoms with Gasteiger partial charge in [-0.15, -0.1) is 0 Å². The van der Waals surface area contributed by atoms with E-state index in [9.17, 15) is 19.7 Å². The van der Waals surface area contributed by atoms with E-state index in [-0.39, 0.29) is 18.0 Å². The summed E-state index contributed by atoms with van der Waals surface area (Å²) in [4.78, 5) is 34.8. The Morgan fingerprint density at radius 3 is 2.84 bits per heavy atom. The third-order valence-electron chi connectivity index (χ3n) is 3.05. The Morgan fingerprint density at radius 1 is 1.58 bits per heavy atom. The fraction of sp³-hybridized carbons (Fsp3) is 0.273. The van der Waals surface area contributed by atoms with Crippen LogP contribution in [0.2, 0.25) is 0 Å². The lowest BCUT2D eigenvalue weighted by atomic mass is 10.1. The minimum Gasteiger partial charge on any atom is -0.300 e.